The SMILES string of the molecule is COc1ccc(Cn2cc(C=C(C#N)c3ccc(C(=O)O)cc3)c3ccc(Cl)cc32)cn1. The normalized spacial score (nSPS) is 11.3. The number of carboxylic acids is 1. The first-order chi connectivity index (χ1) is 15.5. The molecule has 2 aromatic carbocycles. The van der Waals surface area contributed by atoms with Crippen molar-refractivity contribution < 1.29 is 14.6 Å². The van der Waals surface area contributed by atoms with Crippen molar-refractivity contribution in [3.05, 3.63) is 94.3 Å². The lowest BCUT2D eigenvalue weighted by Crippen LogP contribution is -1.99. The maximum atomic E-state index is 11.1. The van der Waals surface area contributed by atoms with Crippen LogP contribution in [-0.4, -0.2) is 27.7 Å². The van der Waals surface area contributed by atoms with Gasteiger partial charge in [0.2, 0.25) is 5.88 Å². The summed E-state index contributed by atoms with van der Waals surface area (Å²) in [6.45, 7) is 0.566. The van der Waals surface area contributed by atoms with Crippen LogP contribution in [0.5, 0.6) is 5.88 Å². The Morgan fingerprint density at radius 3 is 2.56 bits per heavy atom. The van der Waals surface area contributed by atoms with Crippen molar-refractivity contribution in [2.45, 2.75) is 6.54 Å². The molecule has 0 aliphatic rings. The Hall–Kier alpha value is -4.08. The van der Waals surface area contributed by atoms with Gasteiger partial charge < -0.3 is 14.4 Å². The zero-order valence-corrected chi connectivity index (χ0v) is 17.9. The number of fused-ring (bicyclic) bond motifs is 1. The van der Waals surface area contributed by atoms with Crippen molar-refractivity contribution >= 4 is 40.1 Å². The van der Waals surface area contributed by atoms with Gasteiger partial charge in [-0.2, -0.15) is 5.26 Å². The van der Waals surface area contributed by atoms with Crippen LogP contribution in [0.3, 0.4) is 0 Å². The Morgan fingerprint density at radius 2 is 1.94 bits per heavy atom. The summed E-state index contributed by atoms with van der Waals surface area (Å²) in [5.41, 5.74) is 4.03. The molecule has 0 spiro atoms. The van der Waals surface area contributed by atoms with Crippen LogP contribution in [0.25, 0.3) is 22.6 Å². The zero-order valence-electron chi connectivity index (χ0n) is 17.1. The van der Waals surface area contributed by atoms with Crippen molar-refractivity contribution in [2.24, 2.45) is 0 Å². The number of nitrogens with zero attached hydrogens (tertiary/aromatic N) is 3. The van der Waals surface area contributed by atoms with E-state index in [1.165, 1.54) is 12.1 Å². The molecule has 0 aliphatic carbocycles. The molecular formula is C25H18ClN3O3. The summed E-state index contributed by atoms with van der Waals surface area (Å²) in [5.74, 6) is -0.461. The summed E-state index contributed by atoms with van der Waals surface area (Å²) in [5, 5.41) is 20.4. The Balaban J connectivity index is 1.76. The summed E-state index contributed by atoms with van der Waals surface area (Å²) in [6, 6.07) is 17.9. The highest BCUT2D eigenvalue weighted by Crippen LogP contribution is 2.29. The first kappa shape index (κ1) is 21.2. The fourth-order valence-electron chi connectivity index (χ4n) is 3.49. The third-order valence-corrected chi connectivity index (χ3v) is 5.33. The van der Waals surface area contributed by atoms with Crippen LogP contribution in [0, 0.1) is 11.3 Å². The lowest BCUT2D eigenvalue weighted by molar-refractivity contribution is 0.0697. The van der Waals surface area contributed by atoms with Crippen LogP contribution in [0.2, 0.25) is 5.02 Å². The van der Waals surface area contributed by atoms with Gasteiger partial charge in [0.05, 0.1) is 29.8 Å². The van der Waals surface area contributed by atoms with E-state index in [1.54, 1.807) is 31.5 Å². The summed E-state index contributed by atoms with van der Waals surface area (Å²) < 4.78 is 7.18. The van der Waals surface area contributed by atoms with Gasteiger partial charge in [0.15, 0.2) is 0 Å². The number of benzene rings is 2. The number of rotatable bonds is 6. The second-order valence-corrected chi connectivity index (χ2v) is 7.57. The number of hydrogen-bond donors (Lipinski definition) is 1. The number of aromatic carboxylic acids is 1. The minimum atomic E-state index is -1.01. The molecule has 0 aliphatic heterocycles. The molecule has 6 nitrogen and oxygen atoms in total. The highest BCUT2D eigenvalue weighted by atomic mass is 35.5. The van der Waals surface area contributed by atoms with Gasteiger partial charge in [-0.05, 0) is 41.5 Å². The van der Waals surface area contributed by atoms with E-state index < -0.39 is 5.97 Å². The molecule has 32 heavy (non-hydrogen) atoms. The molecule has 0 saturated heterocycles. The molecule has 0 amide bonds. The van der Waals surface area contributed by atoms with Crippen molar-refractivity contribution in [1.82, 2.24) is 9.55 Å². The van der Waals surface area contributed by atoms with Crippen molar-refractivity contribution in [3.63, 3.8) is 0 Å². The summed E-state index contributed by atoms with van der Waals surface area (Å²) >= 11 is 6.25. The van der Waals surface area contributed by atoms with E-state index in [1.807, 2.05) is 36.5 Å². The second kappa shape index (κ2) is 8.96. The summed E-state index contributed by atoms with van der Waals surface area (Å²) in [7, 11) is 1.57. The summed E-state index contributed by atoms with van der Waals surface area (Å²) in [4.78, 5) is 15.4. The molecule has 0 atom stereocenters. The van der Waals surface area contributed by atoms with Crippen molar-refractivity contribution in [3.8, 4) is 11.9 Å². The quantitative estimate of drug-likeness (QED) is 0.397. The molecule has 2 aromatic heterocycles. The first-order valence-electron chi connectivity index (χ1n) is 9.71. The Bertz CT molecular complexity index is 1360. The fraction of sp³-hybridized carbons (Fsp3) is 0.0800. The number of hydrogen-bond acceptors (Lipinski definition) is 4. The maximum absolute atomic E-state index is 11.1. The molecular weight excluding hydrogens is 426 g/mol. The third kappa shape index (κ3) is 4.34. The molecule has 1 N–H and O–H groups in total. The molecule has 0 unspecified atom stereocenters. The van der Waals surface area contributed by atoms with E-state index in [-0.39, 0.29) is 5.56 Å². The Morgan fingerprint density at radius 1 is 1.19 bits per heavy atom. The second-order valence-electron chi connectivity index (χ2n) is 7.13. The number of pyridine rings is 1. The predicted octanol–water partition coefficient (Wildman–Crippen LogP) is 5.51. The number of carboxylic acid groups (broad SMARTS) is 1. The van der Waals surface area contributed by atoms with E-state index in [4.69, 9.17) is 21.4 Å². The third-order valence-electron chi connectivity index (χ3n) is 5.10. The number of nitriles is 1. The fourth-order valence-corrected chi connectivity index (χ4v) is 3.66. The van der Waals surface area contributed by atoms with Crippen molar-refractivity contribution in [2.75, 3.05) is 7.11 Å². The zero-order chi connectivity index (χ0) is 22.7. The lowest BCUT2D eigenvalue weighted by Gasteiger charge is -2.06. The van der Waals surface area contributed by atoms with Gasteiger partial charge in [0, 0.05) is 41.0 Å². The molecule has 4 aromatic rings. The number of carbonyl (C=O) groups is 1. The minimum absolute atomic E-state index is 0.172. The molecule has 0 saturated carbocycles. The standard InChI is InChI=1S/C25H18ClN3O3/c1-32-24-9-2-16(13-28-24)14-29-15-20(22-8-7-21(26)11-23(22)29)10-19(12-27)17-3-5-18(6-4-17)25(30)31/h2-11,13,15H,14H2,1H3,(H,30,31). The monoisotopic (exact) mass is 443 g/mol. The Kier molecular flexibility index (Phi) is 5.93. The van der Waals surface area contributed by atoms with Gasteiger partial charge in [-0.15, -0.1) is 0 Å². The number of halogens is 1. The van der Waals surface area contributed by atoms with E-state index in [2.05, 4.69) is 15.6 Å². The first-order valence-corrected chi connectivity index (χ1v) is 10.1. The van der Waals surface area contributed by atoms with E-state index in [0.717, 1.165) is 22.0 Å². The number of ether oxygens (including phenoxy) is 1. The van der Waals surface area contributed by atoms with E-state index in [0.29, 0.717) is 28.6 Å². The minimum Gasteiger partial charge on any atom is -0.481 e. The maximum Gasteiger partial charge on any atom is 0.335 e. The van der Waals surface area contributed by atoms with Crippen LogP contribution in [0.1, 0.15) is 27.0 Å². The smallest absolute Gasteiger partial charge is 0.335 e. The van der Waals surface area contributed by atoms with E-state index in [9.17, 15) is 10.1 Å². The predicted molar refractivity (Wildman–Crippen MR) is 124 cm³/mol. The molecule has 0 fully saturated rings. The van der Waals surface area contributed by atoms with Gasteiger partial charge in [0.25, 0.3) is 0 Å². The van der Waals surface area contributed by atoms with Crippen LogP contribution in [0.15, 0.2) is 67.0 Å². The van der Waals surface area contributed by atoms with Gasteiger partial charge >= 0.3 is 5.97 Å². The molecule has 2 heterocycles. The summed E-state index contributed by atoms with van der Waals surface area (Å²) in [6.07, 6.45) is 5.53. The van der Waals surface area contributed by atoms with Gasteiger partial charge in [-0.1, -0.05) is 35.9 Å². The van der Waals surface area contributed by atoms with Crippen LogP contribution in [-0.2, 0) is 6.54 Å². The Labute approximate surface area is 189 Å². The topological polar surface area (TPSA) is 88.1 Å². The largest absolute Gasteiger partial charge is 0.481 e. The molecule has 7 heteroatoms. The molecule has 158 valence electrons. The van der Waals surface area contributed by atoms with Gasteiger partial charge in [-0.3, -0.25) is 0 Å². The van der Waals surface area contributed by atoms with Gasteiger partial charge in [0.1, 0.15) is 0 Å². The molecule has 0 radical (unpaired) electrons. The highest BCUT2D eigenvalue weighted by Gasteiger charge is 2.11. The molecule has 0 bridgehead atoms. The van der Waals surface area contributed by atoms with E-state index >= 15 is 0 Å². The number of aromatic nitrogens is 2. The number of methoxy groups -OCH3 is 1. The lowest BCUT2D eigenvalue weighted by atomic mass is 10.0. The van der Waals surface area contributed by atoms with Crippen LogP contribution >= 0.6 is 11.6 Å². The number of allylic oxidation sites excluding steroid dienone is 1. The average Bonchev–Trinajstić information content (AvgIpc) is 3.14. The molecule has 4 rings (SSSR count). The average molecular weight is 444 g/mol. The van der Waals surface area contributed by atoms with Gasteiger partial charge in [-0.25, -0.2) is 9.78 Å². The van der Waals surface area contributed by atoms with Crippen LogP contribution < -0.4 is 4.74 Å². The van der Waals surface area contributed by atoms with Crippen LogP contribution in [0.4, 0.5) is 0 Å². The highest BCUT2D eigenvalue weighted by molar-refractivity contribution is 6.31. The van der Waals surface area contributed by atoms with Crippen molar-refractivity contribution in [1.29, 1.82) is 5.26 Å².